The third-order valence-corrected chi connectivity index (χ3v) is 6.90. The predicted octanol–water partition coefficient (Wildman–Crippen LogP) is 3.48. The highest BCUT2D eigenvalue weighted by Gasteiger charge is 2.45. The Labute approximate surface area is 182 Å². The van der Waals surface area contributed by atoms with Gasteiger partial charge in [0.1, 0.15) is 12.1 Å². The Bertz CT molecular complexity index is 956. The van der Waals surface area contributed by atoms with Crippen molar-refractivity contribution in [2.75, 3.05) is 24.6 Å². The fourth-order valence-corrected chi connectivity index (χ4v) is 4.97. The second-order valence-corrected chi connectivity index (χ2v) is 8.89. The molecule has 5 rings (SSSR count). The number of piperidine rings is 1. The van der Waals surface area contributed by atoms with E-state index >= 15 is 0 Å². The molecule has 1 saturated heterocycles. The van der Waals surface area contributed by atoms with Crippen molar-refractivity contribution in [1.29, 1.82) is 0 Å². The Hall–Kier alpha value is -3.03. The maximum absolute atomic E-state index is 5.97. The molecule has 2 fully saturated rings. The minimum absolute atomic E-state index is 0.540. The highest BCUT2D eigenvalue weighted by atomic mass is 16.5. The number of rotatable bonds is 7. The van der Waals surface area contributed by atoms with E-state index in [1.54, 1.807) is 11.0 Å². The van der Waals surface area contributed by atoms with Gasteiger partial charge in [0.15, 0.2) is 0 Å². The van der Waals surface area contributed by atoms with Crippen LogP contribution in [-0.4, -0.2) is 49.9 Å². The minimum Gasteiger partial charge on any atom is -0.494 e. The van der Waals surface area contributed by atoms with Gasteiger partial charge in [0, 0.05) is 25.5 Å². The van der Waals surface area contributed by atoms with E-state index in [1.165, 1.54) is 31.2 Å². The lowest BCUT2D eigenvalue weighted by atomic mass is 9.57. The largest absolute Gasteiger partial charge is 0.494 e. The van der Waals surface area contributed by atoms with E-state index < -0.39 is 0 Å². The summed E-state index contributed by atoms with van der Waals surface area (Å²) in [5.41, 5.74) is 2.67. The number of nitrogens with zero attached hydrogens (tertiary/aromatic N) is 7. The average molecular weight is 420 g/mol. The SMILES string of the molecule is CCc1cnc(N2CCC3(CC2)CC(CCOc2ccc(-n4cnnn4)cc2)C3)nc1. The normalized spacial score (nSPS) is 18.2. The molecular formula is C23H29N7O. The van der Waals surface area contributed by atoms with Crippen LogP contribution < -0.4 is 9.64 Å². The summed E-state index contributed by atoms with van der Waals surface area (Å²) < 4.78 is 7.60. The van der Waals surface area contributed by atoms with Crippen LogP contribution in [0.5, 0.6) is 5.75 Å². The lowest BCUT2D eigenvalue weighted by molar-refractivity contribution is 0.0166. The topological polar surface area (TPSA) is 81.9 Å². The predicted molar refractivity (Wildman–Crippen MR) is 117 cm³/mol. The first-order chi connectivity index (χ1) is 15.2. The number of hydrogen-bond acceptors (Lipinski definition) is 7. The molecule has 0 bridgehead atoms. The van der Waals surface area contributed by atoms with Crippen LogP contribution in [0.15, 0.2) is 43.0 Å². The van der Waals surface area contributed by atoms with E-state index in [9.17, 15) is 0 Å². The molecule has 1 aliphatic heterocycles. The van der Waals surface area contributed by atoms with E-state index in [4.69, 9.17) is 4.74 Å². The summed E-state index contributed by atoms with van der Waals surface area (Å²) in [6, 6.07) is 7.89. The Morgan fingerprint density at radius 1 is 1.06 bits per heavy atom. The smallest absolute Gasteiger partial charge is 0.225 e. The number of benzene rings is 1. The Balaban J connectivity index is 1.03. The van der Waals surface area contributed by atoms with Crippen LogP contribution in [0.4, 0.5) is 5.95 Å². The van der Waals surface area contributed by atoms with Crippen molar-refractivity contribution >= 4 is 5.95 Å². The molecule has 2 aliphatic rings. The Kier molecular flexibility index (Phi) is 5.53. The van der Waals surface area contributed by atoms with Crippen molar-refractivity contribution in [3.63, 3.8) is 0 Å². The third kappa shape index (κ3) is 4.38. The maximum Gasteiger partial charge on any atom is 0.225 e. The Morgan fingerprint density at radius 2 is 1.81 bits per heavy atom. The van der Waals surface area contributed by atoms with Crippen LogP contribution in [0.3, 0.4) is 0 Å². The van der Waals surface area contributed by atoms with Crippen LogP contribution >= 0.6 is 0 Å². The van der Waals surface area contributed by atoms with Crippen LogP contribution in [0, 0.1) is 11.3 Å². The molecule has 162 valence electrons. The molecule has 0 atom stereocenters. The molecule has 8 nitrogen and oxygen atoms in total. The molecule has 1 saturated carbocycles. The minimum atomic E-state index is 0.540. The van der Waals surface area contributed by atoms with E-state index in [0.29, 0.717) is 5.41 Å². The molecule has 3 heterocycles. The van der Waals surface area contributed by atoms with Gasteiger partial charge in [-0.25, -0.2) is 14.6 Å². The highest BCUT2D eigenvalue weighted by Crippen LogP contribution is 2.53. The van der Waals surface area contributed by atoms with Crippen LogP contribution in [0.2, 0.25) is 0 Å². The standard InChI is InChI=1S/C23H29N7O/c1-2-18-15-24-22(25-16-18)29-10-8-23(9-11-29)13-19(14-23)7-12-31-21-5-3-20(4-6-21)30-17-26-27-28-30/h3-6,15-17,19H,2,7-14H2,1H3. The third-order valence-electron chi connectivity index (χ3n) is 6.90. The summed E-state index contributed by atoms with van der Waals surface area (Å²) in [6.07, 6.45) is 12.8. The van der Waals surface area contributed by atoms with Crippen LogP contribution in [-0.2, 0) is 6.42 Å². The fourth-order valence-electron chi connectivity index (χ4n) is 4.97. The molecule has 1 spiro atoms. The van der Waals surface area contributed by atoms with Crippen molar-refractivity contribution < 1.29 is 4.74 Å². The lowest BCUT2D eigenvalue weighted by Crippen LogP contribution is -2.47. The van der Waals surface area contributed by atoms with Gasteiger partial charge in [-0.1, -0.05) is 6.92 Å². The molecule has 3 aromatic rings. The molecule has 31 heavy (non-hydrogen) atoms. The van der Waals surface area contributed by atoms with Gasteiger partial charge in [-0.05, 0) is 90.1 Å². The van der Waals surface area contributed by atoms with Gasteiger partial charge >= 0.3 is 0 Å². The van der Waals surface area contributed by atoms with Gasteiger partial charge in [0.05, 0.1) is 12.3 Å². The van der Waals surface area contributed by atoms with Gasteiger partial charge in [0.2, 0.25) is 5.95 Å². The van der Waals surface area contributed by atoms with E-state index in [-0.39, 0.29) is 0 Å². The van der Waals surface area contributed by atoms with Crippen molar-refractivity contribution in [2.45, 2.75) is 45.4 Å². The van der Waals surface area contributed by atoms with Crippen molar-refractivity contribution in [3.05, 3.63) is 48.5 Å². The number of aryl methyl sites for hydroxylation is 1. The number of aromatic nitrogens is 6. The summed E-state index contributed by atoms with van der Waals surface area (Å²) in [7, 11) is 0. The van der Waals surface area contributed by atoms with E-state index in [0.717, 1.165) is 55.8 Å². The molecule has 0 radical (unpaired) electrons. The fraction of sp³-hybridized carbons (Fsp3) is 0.522. The monoisotopic (exact) mass is 419 g/mol. The zero-order chi connectivity index (χ0) is 21.1. The first-order valence-electron chi connectivity index (χ1n) is 11.3. The molecule has 0 unspecified atom stereocenters. The number of ether oxygens (including phenoxy) is 1. The average Bonchev–Trinajstić information content (AvgIpc) is 3.34. The van der Waals surface area contributed by atoms with Crippen LogP contribution in [0.1, 0.15) is 44.6 Å². The molecule has 1 aliphatic carbocycles. The molecule has 1 aromatic carbocycles. The number of anilines is 1. The zero-order valence-corrected chi connectivity index (χ0v) is 18.0. The van der Waals surface area contributed by atoms with Gasteiger partial charge in [-0.2, -0.15) is 0 Å². The zero-order valence-electron chi connectivity index (χ0n) is 18.0. The Morgan fingerprint density at radius 3 is 2.45 bits per heavy atom. The molecule has 2 aromatic heterocycles. The highest BCUT2D eigenvalue weighted by molar-refractivity contribution is 5.36. The van der Waals surface area contributed by atoms with E-state index in [2.05, 4.69) is 37.3 Å². The summed E-state index contributed by atoms with van der Waals surface area (Å²) in [5, 5.41) is 11.2. The van der Waals surface area contributed by atoms with Crippen LogP contribution in [0.25, 0.3) is 5.69 Å². The van der Waals surface area contributed by atoms with Gasteiger partial charge in [0.25, 0.3) is 0 Å². The first kappa shape index (κ1) is 19.9. The second kappa shape index (κ2) is 8.61. The summed E-state index contributed by atoms with van der Waals surface area (Å²) >= 11 is 0. The molecule has 0 N–H and O–H groups in total. The molecular weight excluding hydrogens is 390 g/mol. The van der Waals surface area contributed by atoms with E-state index in [1.807, 2.05) is 36.7 Å². The molecule has 8 heteroatoms. The van der Waals surface area contributed by atoms with Gasteiger partial charge in [-0.3, -0.25) is 0 Å². The van der Waals surface area contributed by atoms with Gasteiger partial charge in [-0.15, -0.1) is 5.10 Å². The van der Waals surface area contributed by atoms with Crippen molar-refractivity contribution in [3.8, 4) is 11.4 Å². The second-order valence-electron chi connectivity index (χ2n) is 8.89. The quantitative estimate of drug-likeness (QED) is 0.580. The maximum atomic E-state index is 5.97. The molecule has 0 amide bonds. The van der Waals surface area contributed by atoms with Gasteiger partial charge < -0.3 is 9.64 Å². The summed E-state index contributed by atoms with van der Waals surface area (Å²) in [4.78, 5) is 11.5. The van der Waals surface area contributed by atoms with Crippen molar-refractivity contribution in [1.82, 2.24) is 30.2 Å². The van der Waals surface area contributed by atoms with Crippen molar-refractivity contribution in [2.24, 2.45) is 11.3 Å². The summed E-state index contributed by atoms with van der Waals surface area (Å²) in [6.45, 7) is 5.05. The summed E-state index contributed by atoms with van der Waals surface area (Å²) in [5.74, 6) is 2.57. The number of tetrazole rings is 1. The first-order valence-corrected chi connectivity index (χ1v) is 11.3. The lowest BCUT2D eigenvalue weighted by Gasteiger charge is -2.52. The number of hydrogen-bond donors (Lipinski definition) is 0.